The summed E-state index contributed by atoms with van der Waals surface area (Å²) in [5.74, 6) is 2.00. The Bertz CT molecular complexity index is 155. The van der Waals surface area contributed by atoms with Gasteiger partial charge in [-0.3, -0.25) is 0 Å². The second-order valence-electron chi connectivity index (χ2n) is 5.39. The third-order valence-electron chi connectivity index (χ3n) is 4.03. The van der Waals surface area contributed by atoms with Crippen molar-refractivity contribution in [3.05, 3.63) is 0 Å². The molecule has 0 radical (unpaired) electrons. The Labute approximate surface area is 88.7 Å². The van der Waals surface area contributed by atoms with Gasteiger partial charge >= 0.3 is 0 Å². The molecule has 2 saturated carbocycles. The van der Waals surface area contributed by atoms with Crippen molar-refractivity contribution in [1.82, 2.24) is 5.32 Å². The molecule has 0 aromatic heterocycles. The zero-order valence-electron chi connectivity index (χ0n) is 9.60. The van der Waals surface area contributed by atoms with Crippen molar-refractivity contribution in [2.75, 3.05) is 6.54 Å². The topological polar surface area (TPSA) is 12.0 Å². The van der Waals surface area contributed by atoms with Crippen LogP contribution in [0.5, 0.6) is 0 Å². The summed E-state index contributed by atoms with van der Waals surface area (Å²) < 4.78 is 0. The highest BCUT2D eigenvalue weighted by Crippen LogP contribution is 2.29. The van der Waals surface area contributed by atoms with Crippen molar-refractivity contribution in [3.8, 4) is 0 Å². The maximum absolute atomic E-state index is 3.74. The van der Waals surface area contributed by atoms with E-state index in [0.717, 1.165) is 17.9 Å². The second kappa shape index (κ2) is 5.16. The Hall–Kier alpha value is -0.0400. The standard InChI is InChI=1S/C13H25N/c1-11(14-10-12-8-9-12)13-6-4-2-3-5-7-13/h11-14H,2-10H2,1H3/t11-/m1/s1. The van der Waals surface area contributed by atoms with Gasteiger partial charge in [0.2, 0.25) is 0 Å². The van der Waals surface area contributed by atoms with Crippen molar-refractivity contribution in [1.29, 1.82) is 0 Å². The van der Waals surface area contributed by atoms with Crippen molar-refractivity contribution < 1.29 is 0 Å². The zero-order chi connectivity index (χ0) is 9.80. The molecular weight excluding hydrogens is 170 g/mol. The molecule has 0 spiro atoms. The fraction of sp³-hybridized carbons (Fsp3) is 1.00. The average Bonchev–Trinajstić information content (AvgIpc) is 3.01. The van der Waals surface area contributed by atoms with E-state index in [-0.39, 0.29) is 0 Å². The molecule has 2 fully saturated rings. The van der Waals surface area contributed by atoms with E-state index in [2.05, 4.69) is 12.2 Å². The normalized spacial score (nSPS) is 27.2. The maximum Gasteiger partial charge on any atom is 0.00671 e. The van der Waals surface area contributed by atoms with Gasteiger partial charge in [-0.15, -0.1) is 0 Å². The molecule has 0 saturated heterocycles. The number of nitrogens with one attached hydrogen (secondary N) is 1. The van der Waals surface area contributed by atoms with Gasteiger partial charge in [0.05, 0.1) is 0 Å². The lowest BCUT2D eigenvalue weighted by atomic mass is 9.93. The third-order valence-corrected chi connectivity index (χ3v) is 4.03. The van der Waals surface area contributed by atoms with Gasteiger partial charge in [0.15, 0.2) is 0 Å². The van der Waals surface area contributed by atoms with Crippen LogP contribution in [0, 0.1) is 11.8 Å². The minimum absolute atomic E-state index is 0.772. The molecule has 0 unspecified atom stereocenters. The first kappa shape index (κ1) is 10.5. The van der Waals surface area contributed by atoms with Crippen LogP contribution >= 0.6 is 0 Å². The summed E-state index contributed by atoms with van der Waals surface area (Å²) in [6.45, 7) is 3.69. The van der Waals surface area contributed by atoms with Crippen LogP contribution in [0.4, 0.5) is 0 Å². The van der Waals surface area contributed by atoms with Crippen LogP contribution in [-0.4, -0.2) is 12.6 Å². The SMILES string of the molecule is C[C@@H](NCC1CC1)C1CCCCCC1. The quantitative estimate of drug-likeness (QED) is 0.678. The van der Waals surface area contributed by atoms with E-state index in [4.69, 9.17) is 0 Å². The fourth-order valence-corrected chi connectivity index (χ4v) is 2.65. The first-order valence-electron chi connectivity index (χ1n) is 6.59. The summed E-state index contributed by atoms with van der Waals surface area (Å²) in [6, 6.07) is 0.772. The van der Waals surface area contributed by atoms with E-state index >= 15 is 0 Å². The first-order chi connectivity index (χ1) is 6.86. The minimum Gasteiger partial charge on any atom is -0.314 e. The van der Waals surface area contributed by atoms with Crippen LogP contribution in [0.25, 0.3) is 0 Å². The lowest BCUT2D eigenvalue weighted by Gasteiger charge is -2.23. The van der Waals surface area contributed by atoms with Crippen molar-refractivity contribution in [2.24, 2.45) is 11.8 Å². The van der Waals surface area contributed by atoms with Crippen molar-refractivity contribution in [3.63, 3.8) is 0 Å². The van der Waals surface area contributed by atoms with Gasteiger partial charge in [0.25, 0.3) is 0 Å². The molecule has 1 atom stereocenters. The molecule has 82 valence electrons. The Kier molecular flexibility index (Phi) is 3.86. The minimum atomic E-state index is 0.772. The van der Waals surface area contributed by atoms with Gasteiger partial charge in [-0.05, 0) is 51.0 Å². The number of hydrogen-bond donors (Lipinski definition) is 1. The summed E-state index contributed by atoms with van der Waals surface area (Å²) in [5, 5.41) is 3.74. The molecule has 1 nitrogen and oxygen atoms in total. The lowest BCUT2D eigenvalue weighted by molar-refractivity contribution is 0.335. The predicted molar refractivity (Wildman–Crippen MR) is 61.4 cm³/mol. The van der Waals surface area contributed by atoms with E-state index < -0.39 is 0 Å². The lowest BCUT2D eigenvalue weighted by Crippen LogP contribution is -2.34. The Balaban J connectivity index is 1.67. The Morgan fingerprint density at radius 2 is 1.64 bits per heavy atom. The number of rotatable bonds is 4. The van der Waals surface area contributed by atoms with E-state index in [1.807, 2.05) is 0 Å². The van der Waals surface area contributed by atoms with Gasteiger partial charge in [-0.25, -0.2) is 0 Å². The molecule has 0 aromatic carbocycles. The van der Waals surface area contributed by atoms with Crippen LogP contribution in [0.3, 0.4) is 0 Å². The molecule has 0 amide bonds. The summed E-state index contributed by atoms with van der Waals surface area (Å²) in [6.07, 6.45) is 11.8. The summed E-state index contributed by atoms with van der Waals surface area (Å²) >= 11 is 0. The molecule has 14 heavy (non-hydrogen) atoms. The molecule has 0 heterocycles. The molecule has 2 rings (SSSR count). The van der Waals surface area contributed by atoms with Crippen LogP contribution in [0.2, 0.25) is 0 Å². The molecule has 1 N–H and O–H groups in total. The molecular formula is C13H25N. The average molecular weight is 195 g/mol. The van der Waals surface area contributed by atoms with Crippen LogP contribution < -0.4 is 5.32 Å². The Morgan fingerprint density at radius 1 is 1.00 bits per heavy atom. The molecule has 1 heteroatoms. The molecule has 2 aliphatic carbocycles. The summed E-state index contributed by atoms with van der Waals surface area (Å²) in [7, 11) is 0. The van der Waals surface area contributed by atoms with Gasteiger partial charge < -0.3 is 5.32 Å². The van der Waals surface area contributed by atoms with Crippen LogP contribution in [-0.2, 0) is 0 Å². The van der Waals surface area contributed by atoms with Gasteiger partial charge in [0, 0.05) is 6.04 Å². The smallest absolute Gasteiger partial charge is 0.00671 e. The van der Waals surface area contributed by atoms with Crippen molar-refractivity contribution in [2.45, 2.75) is 64.3 Å². The molecule has 0 aromatic rings. The van der Waals surface area contributed by atoms with E-state index in [0.29, 0.717) is 0 Å². The monoisotopic (exact) mass is 195 g/mol. The highest BCUT2D eigenvalue weighted by molar-refractivity contribution is 4.80. The third kappa shape index (κ3) is 3.27. The van der Waals surface area contributed by atoms with E-state index in [1.165, 1.54) is 57.9 Å². The highest BCUT2D eigenvalue weighted by Gasteiger charge is 2.24. The summed E-state index contributed by atoms with van der Waals surface area (Å²) in [4.78, 5) is 0. The molecule has 0 bridgehead atoms. The van der Waals surface area contributed by atoms with E-state index in [1.54, 1.807) is 0 Å². The summed E-state index contributed by atoms with van der Waals surface area (Å²) in [5.41, 5.74) is 0. The first-order valence-corrected chi connectivity index (χ1v) is 6.59. The largest absolute Gasteiger partial charge is 0.314 e. The van der Waals surface area contributed by atoms with Crippen LogP contribution in [0.15, 0.2) is 0 Å². The zero-order valence-corrected chi connectivity index (χ0v) is 9.60. The van der Waals surface area contributed by atoms with Crippen molar-refractivity contribution >= 4 is 0 Å². The fourth-order valence-electron chi connectivity index (χ4n) is 2.65. The molecule has 2 aliphatic rings. The predicted octanol–water partition coefficient (Wildman–Crippen LogP) is 3.34. The van der Waals surface area contributed by atoms with E-state index in [9.17, 15) is 0 Å². The second-order valence-corrected chi connectivity index (χ2v) is 5.39. The molecule has 0 aliphatic heterocycles. The highest BCUT2D eigenvalue weighted by atomic mass is 14.9. The van der Waals surface area contributed by atoms with Gasteiger partial charge in [-0.1, -0.05) is 25.7 Å². The van der Waals surface area contributed by atoms with Gasteiger partial charge in [0.1, 0.15) is 0 Å². The maximum atomic E-state index is 3.74. The Morgan fingerprint density at radius 3 is 2.21 bits per heavy atom. The van der Waals surface area contributed by atoms with Gasteiger partial charge in [-0.2, -0.15) is 0 Å². The van der Waals surface area contributed by atoms with Crippen LogP contribution in [0.1, 0.15) is 58.3 Å². The number of hydrogen-bond acceptors (Lipinski definition) is 1.